The second-order valence-corrected chi connectivity index (χ2v) is 4.57. The van der Waals surface area contributed by atoms with Gasteiger partial charge in [-0.25, -0.2) is 4.68 Å². The summed E-state index contributed by atoms with van der Waals surface area (Å²) in [5, 5.41) is 14.8. The molecular formula is C11H23N5O. The van der Waals surface area contributed by atoms with E-state index in [4.69, 9.17) is 4.74 Å². The predicted molar refractivity (Wildman–Crippen MR) is 65.6 cm³/mol. The molecule has 98 valence electrons. The third kappa shape index (κ3) is 4.79. The second-order valence-electron chi connectivity index (χ2n) is 4.57. The first-order chi connectivity index (χ1) is 8.15. The molecule has 1 unspecified atom stereocenters. The van der Waals surface area contributed by atoms with Crippen molar-refractivity contribution in [2.75, 3.05) is 20.3 Å². The number of ether oxygens (including phenoxy) is 1. The van der Waals surface area contributed by atoms with E-state index in [1.54, 1.807) is 4.68 Å². The van der Waals surface area contributed by atoms with E-state index in [2.05, 4.69) is 34.7 Å². The van der Waals surface area contributed by atoms with Crippen LogP contribution in [-0.4, -0.2) is 40.5 Å². The molecule has 6 nitrogen and oxygen atoms in total. The molecule has 0 amide bonds. The minimum absolute atomic E-state index is 0.153. The smallest absolute Gasteiger partial charge is 0.168 e. The molecule has 1 atom stereocenters. The summed E-state index contributed by atoms with van der Waals surface area (Å²) in [5.74, 6) is 1.53. The van der Waals surface area contributed by atoms with Crippen LogP contribution in [0.15, 0.2) is 0 Å². The zero-order chi connectivity index (χ0) is 12.7. The molecule has 0 fully saturated rings. The standard InChI is InChI=1S/C11H23N5O/c1-9(2)5-7-17-8-6-16-11(10(3)12-4)13-14-15-16/h9-10,12H,5-8H2,1-4H3. The molecule has 17 heavy (non-hydrogen) atoms. The van der Waals surface area contributed by atoms with Crippen molar-refractivity contribution in [2.24, 2.45) is 5.92 Å². The molecule has 0 aliphatic carbocycles. The lowest BCUT2D eigenvalue weighted by atomic mass is 10.1. The highest BCUT2D eigenvalue weighted by Gasteiger charge is 2.11. The number of nitrogens with one attached hydrogen (secondary N) is 1. The van der Waals surface area contributed by atoms with Crippen LogP contribution in [-0.2, 0) is 11.3 Å². The number of tetrazole rings is 1. The maximum atomic E-state index is 5.55. The fraction of sp³-hybridized carbons (Fsp3) is 0.909. The molecule has 0 aliphatic heterocycles. The molecule has 0 bridgehead atoms. The Kier molecular flexibility index (Phi) is 6.07. The fourth-order valence-corrected chi connectivity index (χ4v) is 1.38. The fourth-order valence-electron chi connectivity index (χ4n) is 1.38. The summed E-state index contributed by atoms with van der Waals surface area (Å²) in [4.78, 5) is 0. The number of hydrogen-bond acceptors (Lipinski definition) is 5. The summed E-state index contributed by atoms with van der Waals surface area (Å²) in [7, 11) is 1.89. The Morgan fingerprint density at radius 3 is 2.71 bits per heavy atom. The lowest BCUT2D eigenvalue weighted by Gasteiger charge is -2.10. The van der Waals surface area contributed by atoms with Crippen LogP contribution in [0.5, 0.6) is 0 Å². The first-order valence-electron chi connectivity index (χ1n) is 6.16. The Hall–Kier alpha value is -1.01. The van der Waals surface area contributed by atoms with E-state index in [-0.39, 0.29) is 6.04 Å². The SMILES string of the molecule is CNC(C)c1nnnn1CCOCCC(C)C. The summed E-state index contributed by atoms with van der Waals surface area (Å²) in [6, 6.07) is 0.153. The molecule has 1 aromatic heterocycles. The molecule has 0 radical (unpaired) electrons. The van der Waals surface area contributed by atoms with Gasteiger partial charge in [0.25, 0.3) is 0 Å². The van der Waals surface area contributed by atoms with Gasteiger partial charge in [0.2, 0.25) is 0 Å². The summed E-state index contributed by atoms with van der Waals surface area (Å²) in [6.45, 7) is 8.57. The van der Waals surface area contributed by atoms with Crippen LogP contribution in [0.1, 0.15) is 39.1 Å². The van der Waals surface area contributed by atoms with Crippen molar-refractivity contribution in [1.29, 1.82) is 0 Å². The molecule has 6 heteroatoms. The quantitative estimate of drug-likeness (QED) is 0.688. The Morgan fingerprint density at radius 2 is 2.06 bits per heavy atom. The van der Waals surface area contributed by atoms with Gasteiger partial charge in [-0.2, -0.15) is 0 Å². The van der Waals surface area contributed by atoms with Crippen molar-refractivity contribution >= 4 is 0 Å². The van der Waals surface area contributed by atoms with Crippen LogP contribution >= 0.6 is 0 Å². The Labute approximate surface area is 103 Å². The predicted octanol–water partition coefficient (Wildman–Crippen LogP) is 1.02. The van der Waals surface area contributed by atoms with Crippen molar-refractivity contribution in [2.45, 2.75) is 39.8 Å². The zero-order valence-corrected chi connectivity index (χ0v) is 11.2. The Bertz CT molecular complexity index is 313. The van der Waals surface area contributed by atoms with Crippen molar-refractivity contribution < 1.29 is 4.74 Å². The largest absolute Gasteiger partial charge is 0.380 e. The van der Waals surface area contributed by atoms with E-state index >= 15 is 0 Å². The average molecular weight is 241 g/mol. The highest BCUT2D eigenvalue weighted by atomic mass is 16.5. The molecule has 0 spiro atoms. The second kappa shape index (κ2) is 7.34. The molecule has 0 saturated carbocycles. The van der Waals surface area contributed by atoms with Crippen molar-refractivity contribution in [3.05, 3.63) is 5.82 Å². The molecule has 0 saturated heterocycles. The lowest BCUT2D eigenvalue weighted by Crippen LogP contribution is -2.20. The van der Waals surface area contributed by atoms with Crippen LogP contribution in [0.2, 0.25) is 0 Å². The summed E-state index contributed by atoms with van der Waals surface area (Å²) in [6.07, 6.45) is 1.09. The topological polar surface area (TPSA) is 64.9 Å². The maximum absolute atomic E-state index is 5.55. The Morgan fingerprint density at radius 1 is 1.29 bits per heavy atom. The summed E-state index contributed by atoms with van der Waals surface area (Å²) in [5.41, 5.74) is 0. The van der Waals surface area contributed by atoms with Crippen molar-refractivity contribution in [3.63, 3.8) is 0 Å². The minimum atomic E-state index is 0.153. The van der Waals surface area contributed by atoms with E-state index in [1.165, 1.54) is 0 Å². The van der Waals surface area contributed by atoms with Crippen LogP contribution in [0.3, 0.4) is 0 Å². The highest BCUT2D eigenvalue weighted by Crippen LogP contribution is 2.06. The number of aromatic nitrogens is 4. The van der Waals surface area contributed by atoms with Gasteiger partial charge in [-0.1, -0.05) is 13.8 Å². The number of nitrogens with zero attached hydrogens (tertiary/aromatic N) is 4. The number of hydrogen-bond donors (Lipinski definition) is 1. The third-order valence-electron chi connectivity index (χ3n) is 2.67. The van der Waals surface area contributed by atoms with Crippen LogP contribution in [0, 0.1) is 5.92 Å². The summed E-state index contributed by atoms with van der Waals surface area (Å²) >= 11 is 0. The maximum Gasteiger partial charge on any atom is 0.168 e. The van der Waals surface area contributed by atoms with Gasteiger partial charge in [0, 0.05) is 6.61 Å². The minimum Gasteiger partial charge on any atom is -0.380 e. The van der Waals surface area contributed by atoms with Gasteiger partial charge in [0.05, 0.1) is 19.2 Å². The van der Waals surface area contributed by atoms with E-state index in [0.29, 0.717) is 19.1 Å². The van der Waals surface area contributed by atoms with Gasteiger partial charge in [0.1, 0.15) is 0 Å². The zero-order valence-electron chi connectivity index (χ0n) is 11.2. The van der Waals surface area contributed by atoms with Gasteiger partial charge in [-0.3, -0.25) is 0 Å². The lowest BCUT2D eigenvalue weighted by molar-refractivity contribution is 0.112. The van der Waals surface area contributed by atoms with Crippen LogP contribution in [0.25, 0.3) is 0 Å². The summed E-state index contributed by atoms with van der Waals surface area (Å²) < 4.78 is 7.34. The highest BCUT2D eigenvalue weighted by molar-refractivity contribution is 4.88. The van der Waals surface area contributed by atoms with Gasteiger partial charge in [-0.15, -0.1) is 5.10 Å². The van der Waals surface area contributed by atoms with E-state index in [0.717, 1.165) is 18.9 Å². The molecular weight excluding hydrogens is 218 g/mol. The first kappa shape index (κ1) is 14.1. The average Bonchev–Trinajstić information content (AvgIpc) is 2.75. The molecule has 1 aromatic rings. The van der Waals surface area contributed by atoms with Crippen molar-refractivity contribution in [3.8, 4) is 0 Å². The Balaban J connectivity index is 2.29. The van der Waals surface area contributed by atoms with E-state index in [9.17, 15) is 0 Å². The van der Waals surface area contributed by atoms with E-state index in [1.807, 2.05) is 14.0 Å². The van der Waals surface area contributed by atoms with Crippen LogP contribution in [0.4, 0.5) is 0 Å². The normalized spacial score (nSPS) is 13.2. The van der Waals surface area contributed by atoms with Crippen molar-refractivity contribution in [1.82, 2.24) is 25.5 Å². The first-order valence-corrected chi connectivity index (χ1v) is 6.16. The van der Waals surface area contributed by atoms with Gasteiger partial charge >= 0.3 is 0 Å². The van der Waals surface area contributed by atoms with Gasteiger partial charge < -0.3 is 10.1 Å². The molecule has 1 heterocycles. The van der Waals surface area contributed by atoms with Gasteiger partial charge in [-0.05, 0) is 36.7 Å². The molecule has 0 aromatic carbocycles. The molecule has 1 rings (SSSR count). The van der Waals surface area contributed by atoms with Gasteiger partial charge in [0.15, 0.2) is 5.82 Å². The number of rotatable bonds is 8. The molecule has 0 aliphatic rings. The third-order valence-corrected chi connectivity index (χ3v) is 2.67. The van der Waals surface area contributed by atoms with E-state index < -0.39 is 0 Å². The monoisotopic (exact) mass is 241 g/mol. The van der Waals surface area contributed by atoms with Crippen LogP contribution < -0.4 is 5.32 Å². The molecule has 1 N–H and O–H groups in total.